The summed E-state index contributed by atoms with van der Waals surface area (Å²) in [4.78, 5) is 33.7. The van der Waals surface area contributed by atoms with Crippen molar-refractivity contribution in [1.29, 1.82) is 0 Å². The zero-order valence-corrected chi connectivity index (χ0v) is 13.2. The lowest BCUT2D eigenvalue weighted by Crippen LogP contribution is -2.51. The Hall–Kier alpha value is -2.52. The van der Waals surface area contributed by atoms with Crippen LogP contribution in [0.1, 0.15) is 13.8 Å². The van der Waals surface area contributed by atoms with Gasteiger partial charge in [0, 0.05) is 6.92 Å². The van der Waals surface area contributed by atoms with Crippen LogP contribution >= 0.6 is 0 Å². The van der Waals surface area contributed by atoms with Gasteiger partial charge >= 0.3 is 12.1 Å². The molecule has 1 aliphatic heterocycles. The SMILES string of the molecule is CCOC(=O)C1(C)OCC(OC(=O)Oc2ccc(N=O)cc2)CO1. The number of nitrogens with zero attached hydrogens (tertiary/aromatic N) is 1. The molecule has 0 bridgehead atoms. The summed E-state index contributed by atoms with van der Waals surface area (Å²) in [7, 11) is 0. The van der Waals surface area contributed by atoms with E-state index in [0.717, 1.165) is 0 Å². The molecule has 2 rings (SSSR count). The summed E-state index contributed by atoms with van der Waals surface area (Å²) in [6, 6.07) is 5.60. The average molecular weight is 339 g/mol. The molecule has 0 atom stereocenters. The molecule has 9 heteroatoms. The zero-order chi connectivity index (χ0) is 17.6. The van der Waals surface area contributed by atoms with Crippen molar-refractivity contribution in [2.75, 3.05) is 19.8 Å². The Morgan fingerprint density at radius 3 is 2.42 bits per heavy atom. The van der Waals surface area contributed by atoms with Gasteiger partial charge in [-0.2, -0.15) is 0 Å². The number of hydrogen-bond acceptors (Lipinski definition) is 9. The number of carbonyl (C=O) groups is 2. The second-order valence-corrected chi connectivity index (χ2v) is 4.97. The summed E-state index contributed by atoms with van der Waals surface area (Å²) >= 11 is 0. The molecule has 0 spiro atoms. The molecule has 0 radical (unpaired) electrons. The lowest BCUT2D eigenvalue weighted by molar-refractivity contribution is -0.281. The van der Waals surface area contributed by atoms with Crippen molar-refractivity contribution in [2.24, 2.45) is 5.18 Å². The number of carbonyl (C=O) groups excluding carboxylic acids is 2. The fraction of sp³-hybridized carbons (Fsp3) is 0.467. The maximum absolute atomic E-state index is 11.7. The van der Waals surface area contributed by atoms with Gasteiger partial charge in [-0.15, -0.1) is 4.91 Å². The Morgan fingerprint density at radius 1 is 1.25 bits per heavy atom. The molecule has 1 fully saturated rings. The predicted molar refractivity (Wildman–Crippen MR) is 79.7 cm³/mol. The highest BCUT2D eigenvalue weighted by atomic mass is 16.8. The topological polar surface area (TPSA) is 110 Å². The van der Waals surface area contributed by atoms with Crippen molar-refractivity contribution in [3.05, 3.63) is 29.2 Å². The summed E-state index contributed by atoms with van der Waals surface area (Å²) in [5, 5.41) is 2.73. The molecule has 1 heterocycles. The van der Waals surface area contributed by atoms with E-state index in [0.29, 0.717) is 0 Å². The zero-order valence-electron chi connectivity index (χ0n) is 13.2. The Labute approximate surface area is 137 Å². The summed E-state index contributed by atoms with van der Waals surface area (Å²) in [6.45, 7) is 3.22. The van der Waals surface area contributed by atoms with Gasteiger partial charge in [0.25, 0.3) is 5.79 Å². The van der Waals surface area contributed by atoms with Crippen molar-refractivity contribution >= 4 is 17.8 Å². The minimum atomic E-state index is -1.52. The van der Waals surface area contributed by atoms with Crippen LogP contribution in [0.4, 0.5) is 10.5 Å². The van der Waals surface area contributed by atoms with Crippen LogP contribution < -0.4 is 4.74 Å². The van der Waals surface area contributed by atoms with E-state index < -0.39 is 24.0 Å². The van der Waals surface area contributed by atoms with Crippen LogP contribution in [0.3, 0.4) is 0 Å². The molecular formula is C15H17NO8. The van der Waals surface area contributed by atoms with Crippen LogP contribution in [0.15, 0.2) is 29.4 Å². The Bertz CT molecular complexity index is 592. The van der Waals surface area contributed by atoms with Gasteiger partial charge in [0.2, 0.25) is 0 Å². The lowest BCUT2D eigenvalue weighted by Gasteiger charge is -2.34. The quantitative estimate of drug-likeness (QED) is 0.456. The van der Waals surface area contributed by atoms with Gasteiger partial charge in [0.1, 0.15) is 11.4 Å². The average Bonchev–Trinajstić information content (AvgIpc) is 2.58. The van der Waals surface area contributed by atoms with Crippen molar-refractivity contribution in [3.8, 4) is 5.75 Å². The normalized spacial score (nSPS) is 23.2. The minimum absolute atomic E-state index is 0.0432. The summed E-state index contributed by atoms with van der Waals surface area (Å²) < 4.78 is 25.4. The molecular weight excluding hydrogens is 322 g/mol. The molecule has 1 saturated heterocycles. The molecule has 0 unspecified atom stereocenters. The smallest absolute Gasteiger partial charge is 0.462 e. The molecule has 1 aliphatic rings. The number of hydrogen-bond donors (Lipinski definition) is 0. The summed E-state index contributed by atoms with van der Waals surface area (Å²) in [5.74, 6) is -1.96. The van der Waals surface area contributed by atoms with Crippen LogP contribution in [-0.2, 0) is 23.7 Å². The largest absolute Gasteiger partial charge is 0.514 e. The van der Waals surface area contributed by atoms with Crippen molar-refractivity contribution < 1.29 is 33.3 Å². The number of rotatable bonds is 5. The number of esters is 1. The van der Waals surface area contributed by atoms with E-state index in [1.165, 1.54) is 31.2 Å². The van der Waals surface area contributed by atoms with Crippen molar-refractivity contribution in [2.45, 2.75) is 25.7 Å². The van der Waals surface area contributed by atoms with Gasteiger partial charge in [-0.1, -0.05) is 0 Å². The van der Waals surface area contributed by atoms with Gasteiger partial charge in [0.15, 0.2) is 6.10 Å². The van der Waals surface area contributed by atoms with Crippen LogP contribution in [0.25, 0.3) is 0 Å². The summed E-state index contributed by atoms with van der Waals surface area (Å²) in [5.41, 5.74) is 0.211. The third-order valence-corrected chi connectivity index (χ3v) is 3.14. The Morgan fingerprint density at radius 2 is 1.88 bits per heavy atom. The lowest BCUT2D eigenvalue weighted by atomic mass is 10.2. The molecule has 0 aliphatic carbocycles. The molecule has 130 valence electrons. The molecule has 0 saturated carbocycles. The molecule has 1 aromatic carbocycles. The molecule has 0 N–H and O–H groups in total. The van der Waals surface area contributed by atoms with Gasteiger partial charge in [-0.05, 0) is 36.4 Å². The molecule has 9 nitrogen and oxygen atoms in total. The third kappa shape index (κ3) is 4.49. The number of benzene rings is 1. The van der Waals surface area contributed by atoms with Gasteiger partial charge < -0.3 is 23.7 Å². The Kier molecular flexibility index (Phi) is 5.83. The standard InChI is InChI=1S/C15H17NO8/c1-3-20-13(17)15(2)21-8-12(9-22-15)24-14(18)23-11-6-4-10(16-19)5-7-11/h4-7,12H,3,8-9H2,1-2H3. The van der Waals surface area contributed by atoms with E-state index >= 15 is 0 Å². The van der Waals surface area contributed by atoms with Crippen molar-refractivity contribution in [3.63, 3.8) is 0 Å². The van der Waals surface area contributed by atoms with E-state index in [1.807, 2.05) is 0 Å². The second-order valence-electron chi connectivity index (χ2n) is 4.97. The molecule has 24 heavy (non-hydrogen) atoms. The van der Waals surface area contributed by atoms with Gasteiger partial charge in [-0.3, -0.25) is 0 Å². The van der Waals surface area contributed by atoms with Gasteiger partial charge in [-0.25, -0.2) is 9.59 Å². The fourth-order valence-electron chi connectivity index (χ4n) is 1.87. The first-order valence-corrected chi connectivity index (χ1v) is 7.24. The first kappa shape index (κ1) is 17.8. The van der Waals surface area contributed by atoms with Gasteiger partial charge in [0.05, 0.1) is 19.8 Å². The predicted octanol–water partition coefficient (Wildman–Crippen LogP) is 2.29. The van der Waals surface area contributed by atoms with E-state index in [2.05, 4.69) is 5.18 Å². The van der Waals surface area contributed by atoms with Crippen LogP contribution in [0, 0.1) is 4.91 Å². The monoisotopic (exact) mass is 339 g/mol. The fourth-order valence-corrected chi connectivity index (χ4v) is 1.87. The van der Waals surface area contributed by atoms with E-state index in [4.69, 9.17) is 23.7 Å². The molecule has 0 aromatic heterocycles. The van der Waals surface area contributed by atoms with Crippen LogP contribution in [-0.4, -0.2) is 43.8 Å². The Balaban J connectivity index is 1.81. The highest BCUT2D eigenvalue weighted by Gasteiger charge is 2.42. The third-order valence-electron chi connectivity index (χ3n) is 3.14. The van der Waals surface area contributed by atoms with E-state index in [-0.39, 0.29) is 31.3 Å². The first-order chi connectivity index (χ1) is 11.5. The number of nitroso groups, excluding NO2 is 1. The summed E-state index contributed by atoms with van der Waals surface area (Å²) in [6.07, 6.45) is -1.69. The molecule has 0 amide bonds. The second kappa shape index (κ2) is 7.84. The van der Waals surface area contributed by atoms with Crippen molar-refractivity contribution in [1.82, 2.24) is 0 Å². The minimum Gasteiger partial charge on any atom is -0.462 e. The number of ether oxygens (including phenoxy) is 5. The highest BCUT2D eigenvalue weighted by molar-refractivity contribution is 5.77. The molecule has 1 aromatic rings. The maximum Gasteiger partial charge on any atom is 0.514 e. The highest BCUT2D eigenvalue weighted by Crippen LogP contribution is 2.22. The first-order valence-electron chi connectivity index (χ1n) is 7.24. The van der Waals surface area contributed by atoms with Crippen LogP contribution in [0.5, 0.6) is 5.75 Å². The van der Waals surface area contributed by atoms with E-state index in [1.54, 1.807) is 6.92 Å². The van der Waals surface area contributed by atoms with Crippen LogP contribution in [0.2, 0.25) is 0 Å². The maximum atomic E-state index is 11.7. The van der Waals surface area contributed by atoms with E-state index in [9.17, 15) is 14.5 Å².